The van der Waals surface area contributed by atoms with E-state index in [-0.39, 0.29) is 51.3 Å². The molecule has 8 heteroatoms. The van der Waals surface area contributed by atoms with Crippen LogP contribution in [-0.4, -0.2) is 90.2 Å². The number of Topliss-reactive ketones (excluding diaryl/α,β-unsaturated/α-hetero) is 1. The van der Waals surface area contributed by atoms with Crippen molar-refractivity contribution in [3.05, 3.63) is 11.1 Å². The molecule has 5 saturated carbocycles. The molecule has 0 aliphatic heterocycles. The first-order valence-corrected chi connectivity index (χ1v) is 23.2. The Morgan fingerprint density at radius 3 is 2.12 bits per heavy atom. The van der Waals surface area contributed by atoms with Gasteiger partial charge in [-0.1, -0.05) is 74.7 Å². The summed E-state index contributed by atoms with van der Waals surface area (Å²) in [4.78, 5) is 44.3. The van der Waals surface area contributed by atoms with Gasteiger partial charge < -0.3 is 19.8 Å². The Labute approximate surface area is 346 Å². The van der Waals surface area contributed by atoms with E-state index in [1.54, 1.807) is 13.8 Å². The first-order valence-electron chi connectivity index (χ1n) is 23.2. The average Bonchev–Trinajstić information content (AvgIpc) is 3.44. The van der Waals surface area contributed by atoms with Gasteiger partial charge in [-0.15, -0.1) is 0 Å². The maximum atomic E-state index is 14.5. The van der Waals surface area contributed by atoms with Gasteiger partial charge in [0.2, 0.25) is 0 Å². The predicted molar refractivity (Wildman–Crippen MR) is 228 cm³/mol. The lowest BCUT2D eigenvalue weighted by Crippen LogP contribution is -2.69. The summed E-state index contributed by atoms with van der Waals surface area (Å²) in [5.41, 5.74) is 0.289. The van der Waals surface area contributed by atoms with Crippen molar-refractivity contribution in [3.8, 4) is 0 Å². The number of esters is 1. The predicted octanol–water partition coefficient (Wildman–Crippen LogP) is 9.57. The van der Waals surface area contributed by atoms with Gasteiger partial charge in [0.25, 0.3) is 0 Å². The average molecular weight is 795 g/mol. The van der Waals surface area contributed by atoms with Gasteiger partial charge in [-0.2, -0.15) is 0 Å². The van der Waals surface area contributed by atoms with Crippen molar-refractivity contribution in [1.29, 1.82) is 0 Å². The van der Waals surface area contributed by atoms with Crippen LogP contribution < -0.4 is 0 Å². The Hall–Kier alpha value is -1.77. The highest BCUT2D eigenvalue weighted by Crippen LogP contribution is 2.80. The number of hydrogen-bond donors (Lipinski definition) is 2. The number of aliphatic hydroxyl groups is 1. The molecule has 324 valence electrons. The highest BCUT2D eigenvalue weighted by atomic mass is 16.5. The molecule has 0 heterocycles. The largest absolute Gasteiger partial charge is 0.481 e. The van der Waals surface area contributed by atoms with E-state index in [2.05, 4.69) is 79.3 Å². The fraction of sp³-hybridized carbons (Fsp3) is 0.898. The van der Waals surface area contributed by atoms with Gasteiger partial charge in [0, 0.05) is 43.4 Å². The van der Waals surface area contributed by atoms with Crippen LogP contribution >= 0.6 is 0 Å². The maximum absolute atomic E-state index is 14.5. The second-order valence-electron chi connectivity index (χ2n) is 23.3. The smallest absolute Gasteiger partial charge is 0.309 e. The van der Waals surface area contributed by atoms with Crippen LogP contribution in [0.25, 0.3) is 0 Å². The molecule has 5 fully saturated rings. The summed E-state index contributed by atoms with van der Waals surface area (Å²) >= 11 is 0. The number of ether oxygens (including phenoxy) is 1. The molecule has 0 bridgehead atoms. The lowest BCUT2D eigenvalue weighted by molar-refractivity contribution is -0.252. The van der Waals surface area contributed by atoms with Gasteiger partial charge in [-0.05, 0) is 149 Å². The summed E-state index contributed by atoms with van der Waals surface area (Å²) < 4.78 is 6.22. The van der Waals surface area contributed by atoms with E-state index < -0.39 is 28.9 Å². The SMILES string of the molecule is CC(C)C1=C2[C@@]([C@@H](O)CN(CCN(C)C)CC3CCCCC3)(CC[C@]3(C)[C@]2(C)CC[C@@H]2[C@@]4(C)CC[C@H](OC(=O)CC(C)(C)C(=O)O)C(C)(C)[C@@H]4CC[C@]23C)CC1=O. The molecule has 9 atom stereocenters. The number of hydrogen-bond acceptors (Lipinski definition) is 7. The van der Waals surface area contributed by atoms with Crippen LogP contribution in [0.15, 0.2) is 11.1 Å². The third-order valence-electron chi connectivity index (χ3n) is 18.8. The Morgan fingerprint density at radius 1 is 0.860 bits per heavy atom. The fourth-order valence-electron chi connectivity index (χ4n) is 15.2. The number of carboxylic acids is 1. The number of nitrogens with zero attached hydrogens (tertiary/aromatic N) is 2. The van der Waals surface area contributed by atoms with Crippen LogP contribution in [0.5, 0.6) is 0 Å². The van der Waals surface area contributed by atoms with E-state index in [0.29, 0.717) is 30.7 Å². The van der Waals surface area contributed by atoms with Crippen molar-refractivity contribution in [2.75, 3.05) is 40.3 Å². The van der Waals surface area contributed by atoms with Crippen LogP contribution in [0.4, 0.5) is 0 Å². The monoisotopic (exact) mass is 795 g/mol. The van der Waals surface area contributed by atoms with Crippen LogP contribution in [0, 0.1) is 61.6 Å². The molecular formula is C49H82N2O6. The van der Waals surface area contributed by atoms with Gasteiger partial charge in [0.15, 0.2) is 5.78 Å². The highest BCUT2D eigenvalue weighted by Gasteiger charge is 2.74. The van der Waals surface area contributed by atoms with Crippen molar-refractivity contribution in [2.45, 2.75) is 178 Å². The third kappa shape index (κ3) is 7.31. The number of carbonyl (C=O) groups excluding carboxylic acids is 2. The number of carbonyl (C=O) groups is 3. The summed E-state index contributed by atoms with van der Waals surface area (Å²) in [5, 5.41) is 22.5. The number of likely N-dealkylation sites (N-methyl/N-ethyl adjacent to an activating group) is 1. The van der Waals surface area contributed by atoms with Crippen molar-refractivity contribution >= 4 is 17.7 Å². The number of ketones is 1. The normalized spacial score (nSPS) is 38.8. The second kappa shape index (κ2) is 15.6. The molecule has 0 aromatic rings. The maximum Gasteiger partial charge on any atom is 0.309 e. The molecule has 0 saturated heterocycles. The number of aliphatic hydroxyl groups excluding tert-OH is 1. The van der Waals surface area contributed by atoms with Crippen molar-refractivity contribution in [3.63, 3.8) is 0 Å². The van der Waals surface area contributed by atoms with Gasteiger partial charge in [0.05, 0.1) is 17.9 Å². The molecule has 0 aromatic carbocycles. The van der Waals surface area contributed by atoms with Crippen molar-refractivity contribution in [1.82, 2.24) is 9.80 Å². The Balaban J connectivity index is 1.30. The quantitative estimate of drug-likeness (QED) is 0.178. The lowest BCUT2D eigenvalue weighted by atomic mass is 9.29. The third-order valence-corrected chi connectivity index (χ3v) is 18.8. The molecule has 0 aromatic heterocycles. The molecule has 0 spiro atoms. The van der Waals surface area contributed by atoms with E-state index in [1.807, 2.05) is 0 Å². The van der Waals surface area contributed by atoms with Crippen LogP contribution in [0.1, 0.15) is 166 Å². The number of allylic oxidation sites excluding steroid dienone is 1. The molecule has 0 amide bonds. The zero-order chi connectivity index (χ0) is 42.1. The van der Waals surface area contributed by atoms with E-state index in [9.17, 15) is 24.6 Å². The second-order valence-corrected chi connectivity index (χ2v) is 23.3. The van der Waals surface area contributed by atoms with E-state index >= 15 is 0 Å². The molecule has 6 rings (SSSR count). The summed E-state index contributed by atoms with van der Waals surface area (Å²) in [5.74, 6) is 0.547. The molecule has 2 N–H and O–H groups in total. The number of aliphatic carboxylic acids is 1. The van der Waals surface area contributed by atoms with Crippen molar-refractivity contribution < 1.29 is 29.3 Å². The van der Waals surface area contributed by atoms with Crippen molar-refractivity contribution in [2.24, 2.45) is 61.6 Å². The Bertz CT molecular complexity index is 1580. The van der Waals surface area contributed by atoms with Gasteiger partial charge >= 0.3 is 11.9 Å². The van der Waals surface area contributed by atoms with Crippen LogP contribution in [-0.2, 0) is 19.1 Å². The minimum Gasteiger partial charge on any atom is -0.481 e. The van der Waals surface area contributed by atoms with Gasteiger partial charge in [-0.3, -0.25) is 19.3 Å². The van der Waals surface area contributed by atoms with Gasteiger partial charge in [0.1, 0.15) is 6.10 Å². The van der Waals surface area contributed by atoms with E-state index in [4.69, 9.17) is 4.74 Å². The van der Waals surface area contributed by atoms with Crippen LogP contribution in [0.2, 0.25) is 0 Å². The summed E-state index contributed by atoms with van der Waals surface area (Å²) in [6, 6.07) is 0. The molecule has 8 nitrogen and oxygen atoms in total. The summed E-state index contributed by atoms with van der Waals surface area (Å²) in [7, 11) is 4.28. The molecule has 57 heavy (non-hydrogen) atoms. The molecule has 6 aliphatic carbocycles. The van der Waals surface area contributed by atoms with E-state index in [0.717, 1.165) is 76.6 Å². The molecular weight excluding hydrogens is 713 g/mol. The van der Waals surface area contributed by atoms with E-state index in [1.165, 1.54) is 37.7 Å². The minimum absolute atomic E-state index is 0.0346. The zero-order valence-corrected chi connectivity index (χ0v) is 38.3. The standard InChI is InChI=1S/C49H82N2O6/c1-32(2)40-34(52)28-49(37(53)31-51(27-26-50(11)12)30-33-16-14-13-15-17-33)25-24-48(10)46(8)22-18-35-44(5,6)38(57-39(54)29-43(3,4)42(55)56)20-21-45(35,7)36(46)19-23-47(48,9)41(40)49/h32-33,35-38,53H,13-31H2,1-12H3,(H,55,56)/t35-,36+,37-,38-,45-,46+,47+,48-,49-/m0/s1. The summed E-state index contributed by atoms with van der Waals surface area (Å²) in [6.07, 6.45) is 13.9. The Morgan fingerprint density at radius 2 is 1.51 bits per heavy atom. The first kappa shape index (κ1) is 44.8. The number of carboxylic acid groups (broad SMARTS) is 1. The molecule has 0 unspecified atom stereocenters. The topological polar surface area (TPSA) is 107 Å². The molecule has 6 aliphatic rings. The number of rotatable bonds is 13. The summed E-state index contributed by atoms with van der Waals surface area (Å²) in [6.45, 7) is 26.0. The highest BCUT2D eigenvalue weighted by molar-refractivity contribution is 6.01. The first-order chi connectivity index (χ1) is 26.4. The number of fused-ring (bicyclic) bond motifs is 7. The van der Waals surface area contributed by atoms with Crippen LogP contribution in [0.3, 0.4) is 0 Å². The fourth-order valence-corrected chi connectivity index (χ4v) is 15.2. The zero-order valence-electron chi connectivity index (χ0n) is 38.3. The lowest BCUT2D eigenvalue weighted by Gasteiger charge is -2.75. The Kier molecular flexibility index (Phi) is 12.3. The molecule has 0 radical (unpaired) electrons. The van der Waals surface area contributed by atoms with Gasteiger partial charge in [-0.25, -0.2) is 0 Å². The minimum atomic E-state index is -1.16.